The number of benzene rings is 2. The lowest BCUT2D eigenvalue weighted by molar-refractivity contribution is -0.126. The molecular formula is C21H24N2O2. The average molecular weight is 336 g/mol. The SMILES string of the molecule is Cc1ccccc1N1C[C@@H](C(=O)NC[C@@H](C)c2ccccc2)CC1=O. The maximum atomic E-state index is 12.5. The summed E-state index contributed by atoms with van der Waals surface area (Å²) in [6, 6.07) is 17.9. The van der Waals surface area contributed by atoms with Crippen LogP contribution in [-0.2, 0) is 9.59 Å². The van der Waals surface area contributed by atoms with E-state index in [4.69, 9.17) is 0 Å². The topological polar surface area (TPSA) is 49.4 Å². The molecule has 130 valence electrons. The Balaban J connectivity index is 1.59. The van der Waals surface area contributed by atoms with Crippen molar-refractivity contribution in [3.63, 3.8) is 0 Å². The van der Waals surface area contributed by atoms with Crippen molar-refractivity contribution < 1.29 is 9.59 Å². The third kappa shape index (κ3) is 3.90. The summed E-state index contributed by atoms with van der Waals surface area (Å²) in [5.41, 5.74) is 3.15. The van der Waals surface area contributed by atoms with Gasteiger partial charge in [-0.15, -0.1) is 0 Å². The molecule has 1 heterocycles. The molecule has 4 heteroatoms. The van der Waals surface area contributed by atoms with Gasteiger partial charge < -0.3 is 10.2 Å². The molecular weight excluding hydrogens is 312 g/mol. The van der Waals surface area contributed by atoms with Crippen molar-refractivity contribution in [2.24, 2.45) is 5.92 Å². The number of amides is 2. The molecule has 25 heavy (non-hydrogen) atoms. The van der Waals surface area contributed by atoms with E-state index in [0.29, 0.717) is 13.1 Å². The van der Waals surface area contributed by atoms with Crippen LogP contribution in [0.25, 0.3) is 0 Å². The zero-order chi connectivity index (χ0) is 17.8. The lowest BCUT2D eigenvalue weighted by atomic mass is 10.0. The monoisotopic (exact) mass is 336 g/mol. The Labute approximate surface area is 148 Å². The van der Waals surface area contributed by atoms with Gasteiger partial charge in [-0.2, -0.15) is 0 Å². The second-order valence-corrected chi connectivity index (χ2v) is 6.75. The van der Waals surface area contributed by atoms with Crippen LogP contribution in [0.1, 0.15) is 30.4 Å². The van der Waals surface area contributed by atoms with E-state index in [-0.39, 0.29) is 30.1 Å². The minimum absolute atomic E-state index is 0.0190. The van der Waals surface area contributed by atoms with Gasteiger partial charge in [-0.25, -0.2) is 0 Å². The average Bonchev–Trinajstić information content (AvgIpc) is 3.02. The molecule has 3 rings (SSSR count). The van der Waals surface area contributed by atoms with Gasteiger partial charge in [0.1, 0.15) is 0 Å². The number of para-hydroxylation sites is 1. The van der Waals surface area contributed by atoms with Gasteiger partial charge in [0, 0.05) is 25.2 Å². The van der Waals surface area contributed by atoms with Crippen LogP contribution in [0.4, 0.5) is 5.69 Å². The van der Waals surface area contributed by atoms with E-state index in [1.807, 2.05) is 49.4 Å². The molecule has 1 saturated heterocycles. The van der Waals surface area contributed by atoms with Gasteiger partial charge in [-0.1, -0.05) is 55.5 Å². The van der Waals surface area contributed by atoms with E-state index in [1.165, 1.54) is 5.56 Å². The first-order chi connectivity index (χ1) is 12.1. The molecule has 1 N–H and O–H groups in total. The molecule has 0 spiro atoms. The second-order valence-electron chi connectivity index (χ2n) is 6.75. The summed E-state index contributed by atoms with van der Waals surface area (Å²) in [4.78, 5) is 26.6. The fraction of sp³-hybridized carbons (Fsp3) is 0.333. The Morgan fingerprint density at radius 1 is 1.16 bits per heavy atom. The maximum Gasteiger partial charge on any atom is 0.227 e. The Morgan fingerprint density at radius 3 is 2.56 bits per heavy atom. The van der Waals surface area contributed by atoms with Crippen LogP contribution >= 0.6 is 0 Å². The molecule has 2 atom stereocenters. The molecule has 0 bridgehead atoms. The van der Waals surface area contributed by atoms with Crippen LogP contribution in [0.3, 0.4) is 0 Å². The van der Waals surface area contributed by atoms with E-state index >= 15 is 0 Å². The molecule has 4 nitrogen and oxygen atoms in total. The van der Waals surface area contributed by atoms with E-state index in [1.54, 1.807) is 4.90 Å². The smallest absolute Gasteiger partial charge is 0.227 e. The Kier molecular flexibility index (Phi) is 5.17. The Bertz CT molecular complexity index is 758. The number of hydrogen-bond acceptors (Lipinski definition) is 2. The summed E-state index contributed by atoms with van der Waals surface area (Å²) in [5.74, 6) is -0.0532. The van der Waals surface area contributed by atoms with Gasteiger partial charge in [0.2, 0.25) is 11.8 Å². The quantitative estimate of drug-likeness (QED) is 0.911. The molecule has 2 aromatic carbocycles. The predicted molar refractivity (Wildman–Crippen MR) is 99.5 cm³/mol. The van der Waals surface area contributed by atoms with Gasteiger partial charge in [-0.3, -0.25) is 9.59 Å². The fourth-order valence-electron chi connectivity index (χ4n) is 3.28. The molecule has 1 aliphatic heterocycles. The van der Waals surface area contributed by atoms with Gasteiger partial charge in [0.15, 0.2) is 0 Å². The number of hydrogen-bond donors (Lipinski definition) is 1. The highest BCUT2D eigenvalue weighted by molar-refractivity contribution is 6.00. The minimum Gasteiger partial charge on any atom is -0.355 e. The van der Waals surface area contributed by atoms with Gasteiger partial charge in [0.25, 0.3) is 0 Å². The van der Waals surface area contributed by atoms with Crippen molar-refractivity contribution in [3.8, 4) is 0 Å². The van der Waals surface area contributed by atoms with Crippen molar-refractivity contribution in [2.45, 2.75) is 26.2 Å². The van der Waals surface area contributed by atoms with Gasteiger partial charge in [0.05, 0.1) is 5.92 Å². The third-order valence-corrected chi connectivity index (χ3v) is 4.85. The van der Waals surface area contributed by atoms with Crippen LogP contribution in [0.5, 0.6) is 0 Å². The number of carbonyl (C=O) groups is 2. The highest BCUT2D eigenvalue weighted by Gasteiger charge is 2.35. The van der Waals surface area contributed by atoms with Crippen molar-refractivity contribution in [1.29, 1.82) is 0 Å². The standard InChI is InChI=1S/C21H24N2O2/c1-15-8-6-7-11-19(15)23-14-18(12-20(23)24)21(25)22-13-16(2)17-9-4-3-5-10-17/h3-11,16,18H,12-14H2,1-2H3,(H,22,25)/t16-,18+/m1/s1. The second kappa shape index (κ2) is 7.51. The van der Waals surface area contributed by atoms with Crippen LogP contribution in [0, 0.1) is 12.8 Å². The van der Waals surface area contributed by atoms with Gasteiger partial charge in [-0.05, 0) is 30.0 Å². The molecule has 1 aliphatic rings. The zero-order valence-electron chi connectivity index (χ0n) is 14.7. The van der Waals surface area contributed by atoms with E-state index in [0.717, 1.165) is 11.3 Å². The number of nitrogens with zero attached hydrogens (tertiary/aromatic N) is 1. The van der Waals surface area contributed by atoms with Crippen molar-refractivity contribution in [3.05, 3.63) is 65.7 Å². The van der Waals surface area contributed by atoms with E-state index < -0.39 is 0 Å². The molecule has 0 aliphatic carbocycles. The van der Waals surface area contributed by atoms with Crippen molar-refractivity contribution in [2.75, 3.05) is 18.0 Å². The third-order valence-electron chi connectivity index (χ3n) is 4.85. The molecule has 0 unspecified atom stereocenters. The van der Waals surface area contributed by atoms with Crippen LogP contribution < -0.4 is 10.2 Å². The highest BCUT2D eigenvalue weighted by Crippen LogP contribution is 2.27. The summed E-state index contributed by atoms with van der Waals surface area (Å²) in [5, 5.41) is 3.01. The fourth-order valence-corrected chi connectivity index (χ4v) is 3.28. The number of nitrogens with one attached hydrogen (secondary N) is 1. The minimum atomic E-state index is -0.282. The largest absolute Gasteiger partial charge is 0.355 e. The summed E-state index contributed by atoms with van der Waals surface area (Å²) in [6.45, 7) is 5.11. The first-order valence-electron chi connectivity index (χ1n) is 8.75. The Hall–Kier alpha value is -2.62. The predicted octanol–water partition coefficient (Wildman–Crippen LogP) is 3.27. The lowest BCUT2D eigenvalue weighted by Crippen LogP contribution is -2.35. The highest BCUT2D eigenvalue weighted by atomic mass is 16.2. The van der Waals surface area contributed by atoms with Crippen LogP contribution in [0.2, 0.25) is 0 Å². The lowest BCUT2D eigenvalue weighted by Gasteiger charge is -2.19. The molecule has 2 aromatic rings. The zero-order valence-corrected chi connectivity index (χ0v) is 14.7. The van der Waals surface area contributed by atoms with Crippen LogP contribution in [0.15, 0.2) is 54.6 Å². The molecule has 0 radical (unpaired) electrons. The molecule has 1 fully saturated rings. The first-order valence-corrected chi connectivity index (χ1v) is 8.75. The summed E-state index contributed by atoms with van der Waals surface area (Å²) >= 11 is 0. The normalized spacial score (nSPS) is 18.2. The molecule has 0 saturated carbocycles. The van der Waals surface area contributed by atoms with Gasteiger partial charge >= 0.3 is 0 Å². The van der Waals surface area contributed by atoms with E-state index in [9.17, 15) is 9.59 Å². The van der Waals surface area contributed by atoms with Crippen LogP contribution in [-0.4, -0.2) is 24.9 Å². The number of rotatable bonds is 5. The first kappa shape index (κ1) is 17.2. The number of anilines is 1. The number of aryl methyl sites for hydroxylation is 1. The summed E-state index contributed by atoms with van der Waals surface area (Å²) in [7, 11) is 0. The molecule has 0 aromatic heterocycles. The van der Waals surface area contributed by atoms with E-state index in [2.05, 4.69) is 24.4 Å². The number of carbonyl (C=O) groups excluding carboxylic acids is 2. The van der Waals surface area contributed by atoms with Crippen molar-refractivity contribution in [1.82, 2.24) is 5.32 Å². The summed E-state index contributed by atoms with van der Waals surface area (Å²) in [6.07, 6.45) is 0.278. The van der Waals surface area contributed by atoms with Crippen molar-refractivity contribution >= 4 is 17.5 Å². The maximum absolute atomic E-state index is 12.5. The summed E-state index contributed by atoms with van der Waals surface area (Å²) < 4.78 is 0. The molecule has 2 amide bonds. The Morgan fingerprint density at radius 2 is 1.84 bits per heavy atom.